The van der Waals surface area contributed by atoms with Crippen LogP contribution in [0.5, 0.6) is 0 Å². The molecule has 2 aromatic carbocycles. The van der Waals surface area contributed by atoms with Crippen LogP contribution in [0.3, 0.4) is 0 Å². The lowest BCUT2D eigenvalue weighted by Gasteiger charge is -2.15. The SMILES string of the molecule is Cc1nn(C)c(C)c1S(=O)(=O)N[C@@H](C)c1cnn(-c2cccc3ccccc23)c1C. The molecule has 0 aliphatic carbocycles. The van der Waals surface area contributed by atoms with Crippen molar-refractivity contribution >= 4 is 20.8 Å². The summed E-state index contributed by atoms with van der Waals surface area (Å²) in [6, 6.07) is 13.8. The van der Waals surface area contributed by atoms with E-state index in [1.807, 2.05) is 42.8 Å². The monoisotopic (exact) mass is 423 g/mol. The average Bonchev–Trinajstić information content (AvgIpc) is 3.20. The molecule has 0 unspecified atom stereocenters. The number of hydrogen-bond acceptors (Lipinski definition) is 4. The Morgan fingerprint density at radius 2 is 1.70 bits per heavy atom. The van der Waals surface area contributed by atoms with E-state index in [9.17, 15) is 8.42 Å². The van der Waals surface area contributed by atoms with Crippen molar-refractivity contribution in [3.05, 3.63) is 71.3 Å². The number of aromatic nitrogens is 4. The summed E-state index contributed by atoms with van der Waals surface area (Å²) in [5.41, 5.74) is 3.77. The molecule has 0 saturated carbocycles. The van der Waals surface area contributed by atoms with E-state index in [4.69, 9.17) is 0 Å². The van der Waals surface area contributed by atoms with Crippen molar-refractivity contribution in [3.63, 3.8) is 0 Å². The van der Waals surface area contributed by atoms with Gasteiger partial charge in [0.15, 0.2) is 0 Å². The lowest BCUT2D eigenvalue weighted by molar-refractivity contribution is 0.565. The van der Waals surface area contributed by atoms with Gasteiger partial charge in [-0.3, -0.25) is 4.68 Å². The molecule has 2 aromatic heterocycles. The largest absolute Gasteiger partial charge is 0.271 e. The van der Waals surface area contributed by atoms with Gasteiger partial charge in [0.25, 0.3) is 0 Å². The second-order valence-corrected chi connectivity index (χ2v) is 9.21. The zero-order valence-electron chi connectivity index (χ0n) is 17.7. The van der Waals surface area contributed by atoms with E-state index in [2.05, 4.69) is 33.1 Å². The van der Waals surface area contributed by atoms with Crippen LogP contribution in [0.15, 0.2) is 53.6 Å². The van der Waals surface area contributed by atoms with Gasteiger partial charge in [0.05, 0.1) is 23.3 Å². The van der Waals surface area contributed by atoms with Crippen LogP contribution in [0.1, 0.15) is 35.6 Å². The Morgan fingerprint density at radius 1 is 1.00 bits per heavy atom. The predicted octanol–water partition coefficient (Wildman–Crippen LogP) is 3.72. The van der Waals surface area contributed by atoms with Gasteiger partial charge in [0.1, 0.15) is 4.90 Å². The third kappa shape index (κ3) is 3.32. The zero-order chi connectivity index (χ0) is 21.6. The first kappa shape index (κ1) is 20.3. The van der Waals surface area contributed by atoms with E-state index in [0.29, 0.717) is 11.4 Å². The lowest BCUT2D eigenvalue weighted by Crippen LogP contribution is -2.28. The minimum Gasteiger partial charge on any atom is -0.271 e. The van der Waals surface area contributed by atoms with Crippen LogP contribution in [0.4, 0.5) is 0 Å². The Labute approximate surface area is 176 Å². The number of aryl methyl sites for hydroxylation is 2. The fourth-order valence-electron chi connectivity index (χ4n) is 3.98. The molecule has 0 aliphatic rings. The first-order valence-electron chi connectivity index (χ1n) is 9.76. The summed E-state index contributed by atoms with van der Waals surface area (Å²) in [6.07, 6.45) is 1.73. The van der Waals surface area contributed by atoms with Crippen LogP contribution >= 0.6 is 0 Å². The normalized spacial score (nSPS) is 13.1. The number of fused-ring (bicyclic) bond motifs is 1. The molecule has 0 fully saturated rings. The van der Waals surface area contributed by atoms with Crippen LogP contribution in [-0.2, 0) is 17.1 Å². The number of benzene rings is 2. The zero-order valence-corrected chi connectivity index (χ0v) is 18.5. The smallest absolute Gasteiger partial charge is 0.244 e. The average molecular weight is 424 g/mol. The summed E-state index contributed by atoms with van der Waals surface area (Å²) in [7, 11) is -1.99. The van der Waals surface area contributed by atoms with Crippen LogP contribution in [-0.4, -0.2) is 28.0 Å². The van der Waals surface area contributed by atoms with Crippen molar-refractivity contribution in [3.8, 4) is 5.69 Å². The molecule has 1 atom stereocenters. The molecule has 4 rings (SSSR count). The van der Waals surface area contributed by atoms with Crippen LogP contribution < -0.4 is 4.72 Å². The van der Waals surface area contributed by atoms with Crippen molar-refractivity contribution in [2.45, 2.75) is 38.6 Å². The maximum absolute atomic E-state index is 13.0. The molecule has 0 aliphatic heterocycles. The van der Waals surface area contributed by atoms with Crippen molar-refractivity contribution in [1.82, 2.24) is 24.3 Å². The molecule has 8 heteroatoms. The Kier molecular flexibility index (Phi) is 4.99. The highest BCUT2D eigenvalue weighted by Gasteiger charge is 2.27. The van der Waals surface area contributed by atoms with Crippen LogP contribution in [0.2, 0.25) is 0 Å². The Balaban J connectivity index is 1.70. The Hall–Kier alpha value is -2.97. The van der Waals surface area contributed by atoms with Crippen LogP contribution in [0, 0.1) is 20.8 Å². The van der Waals surface area contributed by atoms with Crippen molar-refractivity contribution < 1.29 is 8.42 Å². The molecule has 2 heterocycles. The summed E-state index contributed by atoms with van der Waals surface area (Å²) in [5.74, 6) is 0. The quantitative estimate of drug-likeness (QED) is 0.530. The summed E-state index contributed by atoms with van der Waals surface area (Å²) in [4.78, 5) is 0.232. The Bertz CT molecular complexity index is 1350. The molecule has 0 saturated heterocycles. The number of nitrogens with zero attached hydrogens (tertiary/aromatic N) is 4. The second-order valence-electron chi connectivity index (χ2n) is 7.56. The molecular formula is C22H25N5O2S. The van der Waals surface area contributed by atoms with Gasteiger partial charge >= 0.3 is 0 Å². The highest BCUT2D eigenvalue weighted by molar-refractivity contribution is 7.89. The van der Waals surface area contributed by atoms with Crippen LogP contribution in [0.25, 0.3) is 16.5 Å². The summed E-state index contributed by atoms with van der Waals surface area (Å²) < 4.78 is 32.3. The van der Waals surface area contributed by atoms with E-state index in [1.165, 1.54) is 0 Å². The highest BCUT2D eigenvalue weighted by atomic mass is 32.2. The number of rotatable bonds is 5. The number of sulfonamides is 1. The first-order valence-corrected chi connectivity index (χ1v) is 11.2. The van der Waals surface area contributed by atoms with E-state index in [0.717, 1.165) is 27.7 Å². The molecule has 4 aromatic rings. The minimum absolute atomic E-state index is 0.232. The van der Waals surface area contributed by atoms with E-state index >= 15 is 0 Å². The molecule has 0 bridgehead atoms. The van der Waals surface area contributed by atoms with E-state index < -0.39 is 16.1 Å². The third-order valence-corrected chi connectivity index (χ3v) is 7.34. The van der Waals surface area contributed by atoms with Crippen molar-refractivity contribution in [2.75, 3.05) is 0 Å². The number of nitrogens with one attached hydrogen (secondary N) is 1. The maximum atomic E-state index is 13.0. The molecule has 156 valence electrons. The topological polar surface area (TPSA) is 81.8 Å². The lowest BCUT2D eigenvalue weighted by atomic mass is 10.1. The molecule has 0 spiro atoms. The highest BCUT2D eigenvalue weighted by Crippen LogP contribution is 2.27. The van der Waals surface area contributed by atoms with Gasteiger partial charge in [0.2, 0.25) is 10.0 Å². The Morgan fingerprint density at radius 3 is 2.40 bits per heavy atom. The summed E-state index contributed by atoms with van der Waals surface area (Å²) in [5, 5.41) is 11.0. The van der Waals surface area contributed by atoms with Crippen molar-refractivity contribution in [1.29, 1.82) is 0 Å². The molecular weight excluding hydrogens is 398 g/mol. The minimum atomic E-state index is -3.73. The summed E-state index contributed by atoms with van der Waals surface area (Å²) >= 11 is 0. The maximum Gasteiger partial charge on any atom is 0.244 e. The number of hydrogen-bond donors (Lipinski definition) is 1. The standard InChI is InChI=1S/C22H25N5O2S/c1-14(25-30(28,29)22-15(2)24-26(5)17(22)4)20-13-23-27(16(20)3)21-12-8-10-18-9-6-7-11-19(18)21/h6-14,25H,1-5H3/t14-/m0/s1. The van der Waals surface area contributed by atoms with Gasteiger partial charge in [-0.1, -0.05) is 36.4 Å². The molecule has 1 N–H and O–H groups in total. The predicted molar refractivity (Wildman–Crippen MR) is 117 cm³/mol. The van der Waals surface area contributed by atoms with E-state index in [1.54, 1.807) is 31.8 Å². The fourth-order valence-corrected chi connectivity index (χ4v) is 5.64. The van der Waals surface area contributed by atoms with Gasteiger partial charge in [-0.15, -0.1) is 0 Å². The third-order valence-electron chi connectivity index (χ3n) is 5.55. The van der Waals surface area contributed by atoms with Gasteiger partial charge in [-0.05, 0) is 39.1 Å². The molecule has 0 radical (unpaired) electrons. The van der Waals surface area contributed by atoms with Gasteiger partial charge < -0.3 is 0 Å². The molecule has 7 nitrogen and oxygen atoms in total. The van der Waals surface area contributed by atoms with Gasteiger partial charge in [-0.25, -0.2) is 17.8 Å². The molecule has 30 heavy (non-hydrogen) atoms. The first-order chi connectivity index (χ1) is 14.2. The van der Waals surface area contributed by atoms with Crippen molar-refractivity contribution in [2.24, 2.45) is 7.05 Å². The van der Waals surface area contributed by atoms with Gasteiger partial charge in [0, 0.05) is 29.7 Å². The van der Waals surface area contributed by atoms with E-state index in [-0.39, 0.29) is 4.90 Å². The summed E-state index contributed by atoms with van der Waals surface area (Å²) in [6.45, 7) is 7.24. The molecule has 0 amide bonds. The second kappa shape index (κ2) is 7.37. The van der Waals surface area contributed by atoms with Gasteiger partial charge in [-0.2, -0.15) is 10.2 Å². The fraction of sp³-hybridized carbons (Fsp3) is 0.273.